The highest BCUT2D eigenvalue weighted by molar-refractivity contribution is 6.48. The van der Waals surface area contributed by atoms with Crippen molar-refractivity contribution in [3.8, 4) is 0 Å². The molecule has 0 aliphatic heterocycles. The maximum Gasteiger partial charge on any atom is 0.171 e. The molecule has 0 aromatic rings. The van der Waals surface area contributed by atoms with Crippen LogP contribution in [0.2, 0.25) is 13.1 Å². The molecule has 0 saturated heterocycles. The summed E-state index contributed by atoms with van der Waals surface area (Å²) in [5, 5.41) is 0. The molecule has 2 nitrogen and oxygen atoms in total. The topological polar surface area (TPSA) is 26.3 Å². The number of rotatable bonds is 14. The monoisotopic (exact) mass is 342 g/mol. The van der Waals surface area contributed by atoms with Crippen LogP contribution < -0.4 is 0 Å². The number of carbonyl (C=O) groups is 1. The zero-order valence-electron chi connectivity index (χ0n) is 16.7. The summed E-state index contributed by atoms with van der Waals surface area (Å²) in [5.41, 5.74) is 0.421. The zero-order chi connectivity index (χ0) is 17.7. The normalized spacial score (nSPS) is 14.9. The summed E-state index contributed by atoms with van der Waals surface area (Å²) >= 11 is 0. The molecule has 2 unspecified atom stereocenters. The van der Waals surface area contributed by atoms with Crippen LogP contribution in [0.5, 0.6) is 0 Å². The first-order valence-electron chi connectivity index (χ1n) is 9.92. The number of hydrogen-bond donors (Lipinski definition) is 0. The molecule has 0 amide bonds. The van der Waals surface area contributed by atoms with Crippen molar-refractivity contribution in [1.29, 1.82) is 0 Å². The van der Waals surface area contributed by atoms with Crippen molar-refractivity contribution in [2.75, 3.05) is 0 Å². The highest BCUT2D eigenvalue weighted by Gasteiger charge is 2.23. The molecule has 0 rings (SSSR count). The summed E-state index contributed by atoms with van der Waals surface area (Å²) in [6.07, 6.45) is 13.6. The third kappa shape index (κ3) is 12.9. The van der Waals surface area contributed by atoms with Gasteiger partial charge in [-0.25, -0.2) is 0 Å². The van der Waals surface area contributed by atoms with E-state index in [1.807, 2.05) is 0 Å². The average Bonchev–Trinajstić information content (AvgIpc) is 2.46. The fraction of sp³-hybridized carbons (Fsp3) is 0.950. The number of hydrogen-bond acceptors (Lipinski definition) is 2. The number of unbranched alkanes of at least 4 members (excludes halogenated alkanes) is 5. The van der Waals surface area contributed by atoms with Gasteiger partial charge in [0.15, 0.2) is 9.04 Å². The van der Waals surface area contributed by atoms with Crippen molar-refractivity contribution in [3.63, 3.8) is 0 Å². The molecule has 0 heterocycles. The van der Waals surface area contributed by atoms with E-state index >= 15 is 0 Å². The predicted octanol–water partition coefficient (Wildman–Crippen LogP) is 6.14. The van der Waals surface area contributed by atoms with E-state index in [-0.39, 0.29) is 6.10 Å². The summed E-state index contributed by atoms with van der Waals surface area (Å²) in [5.74, 6) is 0.834. The van der Waals surface area contributed by atoms with Gasteiger partial charge in [0.05, 0.1) is 0 Å². The van der Waals surface area contributed by atoms with E-state index in [0.717, 1.165) is 25.0 Å². The largest absolute Gasteiger partial charge is 0.411 e. The van der Waals surface area contributed by atoms with Gasteiger partial charge in [-0.1, -0.05) is 72.6 Å². The molecule has 138 valence electrons. The van der Waals surface area contributed by atoms with Crippen molar-refractivity contribution in [2.45, 2.75) is 111 Å². The number of aldehydes is 1. The van der Waals surface area contributed by atoms with Crippen LogP contribution in [-0.2, 0) is 9.22 Å². The van der Waals surface area contributed by atoms with Crippen molar-refractivity contribution in [3.05, 3.63) is 0 Å². The first kappa shape index (κ1) is 22.8. The van der Waals surface area contributed by atoms with Crippen molar-refractivity contribution in [2.24, 2.45) is 11.3 Å². The maximum atomic E-state index is 11.0. The highest BCUT2D eigenvalue weighted by Crippen LogP contribution is 2.34. The van der Waals surface area contributed by atoms with E-state index in [2.05, 4.69) is 40.8 Å². The molecular weight excluding hydrogens is 300 g/mol. The van der Waals surface area contributed by atoms with Crippen LogP contribution in [0.1, 0.15) is 91.9 Å². The lowest BCUT2D eigenvalue weighted by Gasteiger charge is -2.31. The van der Waals surface area contributed by atoms with Crippen molar-refractivity contribution < 1.29 is 9.22 Å². The van der Waals surface area contributed by atoms with Gasteiger partial charge in [0.1, 0.15) is 12.4 Å². The Morgan fingerprint density at radius 2 is 1.43 bits per heavy atom. The Bertz CT molecular complexity index is 284. The summed E-state index contributed by atoms with van der Waals surface area (Å²) in [6, 6.07) is 0. The van der Waals surface area contributed by atoms with Crippen LogP contribution in [0.15, 0.2) is 0 Å². The summed E-state index contributed by atoms with van der Waals surface area (Å²) in [6.45, 7) is 13.7. The molecule has 0 aliphatic rings. The average molecular weight is 343 g/mol. The van der Waals surface area contributed by atoms with E-state index in [4.69, 9.17) is 4.43 Å². The van der Waals surface area contributed by atoms with Crippen LogP contribution in [0.4, 0.5) is 0 Å². The van der Waals surface area contributed by atoms with Crippen LogP contribution in [0.25, 0.3) is 0 Å². The fourth-order valence-electron chi connectivity index (χ4n) is 3.26. The fourth-order valence-corrected chi connectivity index (χ4v) is 4.16. The summed E-state index contributed by atoms with van der Waals surface area (Å²) in [7, 11) is -1.09. The molecule has 0 aromatic heterocycles. The van der Waals surface area contributed by atoms with Gasteiger partial charge in [0, 0.05) is 0 Å². The Hall–Kier alpha value is -0.153. The summed E-state index contributed by atoms with van der Waals surface area (Å²) in [4.78, 5) is 11.0. The predicted molar refractivity (Wildman–Crippen MR) is 105 cm³/mol. The molecule has 0 saturated carbocycles. The van der Waals surface area contributed by atoms with Crippen molar-refractivity contribution >= 4 is 15.3 Å². The van der Waals surface area contributed by atoms with Crippen LogP contribution >= 0.6 is 0 Å². The first-order chi connectivity index (χ1) is 10.8. The Labute approximate surface area is 147 Å². The SMILES string of the molecule is CCCCCCC(CCCCCC(C=O)O[SiH](C)C)C(C)(C)C. The lowest BCUT2D eigenvalue weighted by atomic mass is 9.75. The second kappa shape index (κ2) is 13.2. The maximum absolute atomic E-state index is 11.0. The lowest BCUT2D eigenvalue weighted by molar-refractivity contribution is -0.114. The van der Waals surface area contributed by atoms with Gasteiger partial charge in [-0.15, -0.1) is 0 Å². The van der Waals surface area contributed by atoms with E-state index in [0.29, 0.717) is 5.41 Å². The molecule has 0 bridgehead atoms. The van der Waals surface area contributed by atoms with E-state index in [9.17, 15) is 4.79 Å². The number of carbonyl (C=O) groups excluding carboxylic acids is 1. The Kier molecular flexibility index (Phi) is 13.1. The van der Waals surface area contributed by atoms with E-state index < -0.39 is 9.04 Å². The highest BCUT2D eigenvalue weighted by atomic mass is 28.3. The molecule has 0 aromatic carbocycles. The molecular formula is C20H42O2Si. The van der Waals surface area contributed by atoms with Crippen LogP contribution in [-0.4, -0.2) is 21.4 Å². The van der Waals surface area contributed by atoms with Gasteiger partial charge in [-0.3, -0.25) is 0 Å². The van der Waals surface area contributed by atoms with Gasteiger partial charge in [0.25, 0.3) is 0 Å². The smallest absolute Gasteiger partial charge is 0.171 e. The Morgan fingerprint density at radius 1 is 0.913 bits per heavy atom. The minimum Gasteiger partial charge on any atom is -0.411 e. The van der Waals surface area contributed by atoms with Gasteiger partial charge >= 0.3 is 0 Å². The molecule has 0 N–H and O–H groups in total. The molecule has 0 aliphatic carbocycles. The van der Waals surface area contributed by atoms with Gasteiger partial charge in [-0.2, -0.15) is 0 Å². The molecule has 23 heavy (non-hydrogen) atoms. The third-order valence-electron chi connectivity index (χ3n) is 4.77. The molecule has 2 atom stereocenters. The van der Waals surface area contributed by atoms with Gasteiger partial charge in [0.2, 0.25) is 0 Å². The first-order valence-corrected chi connectivity index (χ1v) is 12.7. The molecule has 0 radical (unpaired) electrons. The molecule has 0 spiro atoms. The lowest BCUT2D eigenvalue weighted by Crippen LogP contribution is -2.22. The minimum atomic E-state index is -1.09. The van der Waals surface area contributed by atoms with Crippen LogP contribution in [0.3, 0.4) is 0 Å². The molecule has 0 fully saturated rings. The quantitative estimate of drug-likeness (QED) is 0.215. The second-order valence-electron chi connectivity index (χ2n) is 8.41. The van der Waals surface area contributed by atoms with Gasteiger partial charge < -0.3 is 9.22 Å². The third-order valence-corrected chi connectivity index (χ3v) is 5.66. The summed E-state index contributed by atoms with van der Waals surface area (Å²) < 4.78 is 5.73. The zero-order valence-corrected chi connectivity index (χ0v) is 17.9. The van der Waals surface area contributed by atoms with E-state index in [1.54, 1.807) is 0 Å². The van der Waals surface area contributed by atoms with Crippen LogP contribution in [0, 0.1) is 11.3 Å². The second-order valence-corrected chi connectivity index (χ2v) is 10.8. The minimum absolute atomic E-state index is 0.144. The van der Waals surface area contributed by atoms with E-state index in [1.165, 1.54) is 51.4 Å². The standard InChI is InChI=1S/C20H42O2Si/c1-7-8-9-11-14-18(20(2,3)4)15-12-10-13-16-19(17-21)22-23(5)6/h17-19,23H,7-16H2,1-6H3. The molecule has 3 heteroatoms. The Morgan fingerprint density at radius 3 is 1.87 bits per heavy atom. The van der Waals surface area contributed by atoms with Gasteiger partial charge in [-0.05, 0) is 43.7 Å². The van der Waals surface area contributed by atoms with Crippen molar-refractivity contribution in [1.82, 2.24) is 0 Å². The Balaban J connectivity index is 3.96.